The first-order valence-electron chi connectivity index (χ1n) is 10.7. The molecule has 2 aromatic heterocycles. The molecule has 31 heavy (non-hydrogen) atoms. The van der Waals surface area contributed by atoms with Crippen molar-refractivity contribution in [1.82, 2.24) is 19.7 Å². The van der Waals surface area contributed by atoms with Crippen molar-refractivity contribution in [3.8, 4) is 5.82 Å². The Morgan fingerprint density at radius 1 is 1.10 bits per heavy atom. The molecule has 0 spiro atoms. The number of amides is 1. The zero-order chi connectivity index (χ0) is 21.8. The van der Waals surface area contributed by atoms with Gasteiger partial charge in [0.1, 0.15) is 12.1 Å². The fraction of sp³-hybridized carbons (Fsp3) is 0.391. The van der Waals surface area contributed by atoms with Crippen LogP contribution in [0.25, 0.3) is 5.82 Å². The lowest BCUT2D eigenvalue weighted by Crippen LogP contribution is -2.30. The molecule has 0 atom stereocenters. The van der Waals surface area contributed by atoms with E-state index >= 15 is 0 Å². The van der Waals surface area contributed by atoms with Gasteiger partial charge < -0.3 is 10.2 Å². The number of carbonyl (C=O) groups is 1. The van der Waals surface area contributed by atoms with E-state index in [1.807, 2.05) is 36.7 Å². The Kier molecular flexibility index (Phi) is 6.51. The molecule has 1 aromatic carbocycles. The molecule has 0 bridgehead atoms. The summed E-state index contributed by atoms with van der Waals surface area (Å²) in [6, 6.07) is 9.24. The minimum Gasteiger partial charge on any atom is -0.356 e. The number of rotatable bonds is 6. The lowest BCUT2D eigenvalue weighted by atomic mass is 10.1. The van der Waals surface area contributed by atoms with Gasteiger partial charge in [0.15, 0.2) is 5.82 Å². The van der Waals surface area contributed by atoms with E-state index in [9.17, 15) is 4.79 Å². The summed E-state index contributed by atoms with van der Waals surface area (Å²) in [5, 5.41) is 8.11. The molecule has 1 saturated heterocycles. The first kappa shape index (κ1) is 21.3. The highest BCUT2D eigenvalue weighted by atomic mass is 35.5. The van der Waals surface area contributed by atoms with Gasteiger partial charge in [-0.15, -0.1) is 0 Å². The van der Waals surface area contributed by atoms with Crippen LogP contribution in [0.5, 0.6) is 0 Å². The summed E-state index contributed by atoms with van der Waals surface area (Å²) in [6.07, 6.45) is 6.21. The van der Waals surface area contributed by atoms with Gasteiger partial charge in [-0.3, -0.25) is 4.79 Å². The predicted molar refractivity (Wildman–Crippen MR) is 123 cm³/mol. The van der Waals surface area contributed by atoms with Crippen molar-refractivity contribution in [2.24, 2.45) is 0 Å². The molecule has 0 unspecified atom stereocenters. The minimum absolute atomic E-state index is 0.0749. The van der Waals surface area contributed by atoms with Gasteiger partial charge in [-0.2, -0.15) is 5.10 Å². The number of aryl methyl sites for hydroxylation is 1. The lowest BCUT2D eigenvalue weighted by Gasteiger charge is -2.27. The van der Waals surface area contributed by atoms with Gasteiger partial charge in [0, 0.05) is 31.3 Å². The van der Waals surface area contributed by atoms with Crippen LogP contribution in [-0.2, 0) is 11.2 Å². The van der Waals surface area contributed by atoms with E-state index in [-0.39, 0.29) is 5.91 Å². The first-order valence-corrected chi connectivity index (χ1v) is 11.1. The van der Waals surface area contributed by atoms with Crippen LogP contribution in [0.15, 0.2) is 36.7 Å². The van der Waals surface area contributed by atoms with Gasteiger partial charge in [0.05, 0.1) is 16.4 Å². The molecule has 1 N–H and O–H groups in total. The number of piperidine rings is 1. The first-order chi connectivity index (χ1) is 15.0. The second kappa shape index (κ2) is 9.47. The van der Waals surface area contributed by atoms with Crippen LogP contribution in [0, 0.1) is 13.8 Å². The average molecular weight is 439 g/mol. The number of para-hydroxylation sites is 1. The molecule has 0 radical (unpaired) electrons. The third-order valence-corrected chi connectivity index (χ3v) is 6.06. The summed E-state index contributed by atoms with van der Waals surface area (Å²) < 4.78 is 1.85. The zero-order valence-corrected chi connectivity index (χ0v) is 18.7. The Balaban J connectivity index is 1.47. The summed E-state index contributed by atoms with van der Waals surface area (Å²) in [5.74, 6) is 1.62. The van der Waals surface area contributed by atoms with E-state index in [4.69, 9.17) is 16.7 Å². The summed E-state index contributed by atoms with van der Waals surface area (Å²) in [6.45, 7) is 6.04. The number of anilines is 2. The van der Waals surface area contributed by atoms with Gasteiger partial charge in [0.25, 0.3) is 0 Å². The van der Waals surface area contributed by atoms with Gasteiger partial charge in [-0.05, 0) is 57.2 Å². The molecule has 3 heterocycles. The molecule has 3 aromatic rings. The molecule has 0 saturated carbocycles. The third-order valence-electron chi connectivity index (χ3n) is 5.73. The van der Waals surface area contributed by atoms with Crippen LogP contribution in [-0.4, -0.2) is 38.7 Å². The van der Waals surface area contributed by atoms with Crippen molar-refractivity contribution in [3.63, 3.8) is 0 Å². The Morgan fingerprint density at radius 3 is 2.61 bits per heavy atom. The molecule has 1 aliphatic heterocycles. The van der Waals surface area contributed by atoms with Crippen LogP contribution in [0.2, 0.25) is 5.02 Å². The van der Waals surface area contributed by atoms with E-state index in [1.54, 1.807) is 18.5 Å². The highest BCUT2D eigenvalue weighted by molar-refractivity contribution is 6.33. The molecule has 162 valence electrons. The van der Waals surface area contributed by atoms with Crippen molar-refractivity contribution in [1.29, 1.82) is 0 Å². The number of carbonyl (C=O) groups excluding carboxylic acids is 1. The number of hydrogen-bond donors (Lipinski definition) is 1. The van der Waals surface area contributed by atoms with E-state index in [2.05, 4.69) is 20.2 Å². The van der Waals surface area contributed by atoms with Crippen molar-refractivity contribution >= 4 is 29.0 Å². The van der Waals surface area contributed by atoms with Crippen LogP contribution in [0.1, 0.15) is 42.6 Å². The lowest BCUT2D eigenvalue weighted by molar-refractivity contribution is -0.116. The number of aromatic nitrogens is 4. The van der Waals surface area contributed by atoms with Crippen molar-refractivity contribution in [3.05, 3.63) is 58.6 Å². The molecule has 1 fully saturated rings. The molecule has 1 amide bonds. The number of nitrogens with one attached hydrogen (secondary N) is 1. The highest BCUT2D eigenvalue weighted by Gasteiger charge is 2.18. The van der Waals surface area contributed by atoms with Crippen LogP contribution in [0.3, 0.4) is 0 Å². The van der Waals surface area contributed by atoms with Crippen molar-refractivity contribution in [2.45, 2.75) is 46.0 Å². The summed E-state index contributed by atoms with van der Waals surface area (Å²) in [5.41, 5.74) is 3.59. The Labute approximate surface area is 187 Å². The topological polar surface area (TPSA) is 75.9 Å². The second-order valence-corrected chi connectivity index (χ2v) is 8.28. The molecular formula is C23H27ClN6O. The van der Waals surface area contributed by atoms with Crippen LogP contribution in [0.4, 0.5) is 11.5 Å². The van der Waals surface area contributed by atoms with E-state index in [1.165, 1.54) is 19.3 Å². The molecular weight excluding hydrogens is 412 g/mol. The number of nitrogens with zero attached hydrogens (tertiary/aromatic N) is 5. The quantitative estimate of drug-likeness (QED) is 0.613. The number of benzene rings is 1. The van der Waals surface area contributed by atoms with Gasteiger partial charge >= 0.3 is 0 Å². The molecule has 1 aliphatic rings. The maximum atomic E-state index is 12.4. The smallest absolute Gasteiger partial charge is 0.224 e. The van der Waals surface area contributed by atoms with Crippen LogP contribution >= 0.6 is 11.6 Å². The molecule has 7 nitrogen and oxygen atoms in total. The molecule has 4 rings (SSSR count). The third kappa shape index (κ3) is 4.88. The van der Waals surface area contributed by atoms with E-state index in [0.29, 0.717) is 23.6 Å². The Hall–Kier alpha value is -2.93. The molecule has 0 aliphatic carbocycles. The zero-order valence-electron chi connectivity index (χ0n) is 17.9. The maximum Gasteiger partial charge on any atom is 0.224 e. The van der Waals surface area contributed by atoms with Crippen LogP contribution < -0.4 is 10.2 Å². The van der Waals surface area contributed by atoms with Gasteiger partial charge in [-0.25, -0.2) is 14.6 Å². The van der Waals surface area contributed by atoms with Gasteiger partial charge in [-0.1, -0.05) is 23.7 Å². The van der Waals surface area contributed by atoms with Crippen molar-refractivity contribution in [2.75, 3.05) is 23.3 Å². The number of hydrogen-bond acceptors (Lipinski definition) is 5. The second-order valence-electron chi connectivity index (χ2n) is 7.87. The SMILES string of the molecule is Cc1nn(-c2cc(N3CCCCC3)ncn2)c(C)c1CCC(=O)Nc1ccccc1Cl. The maximum absolute atomic E-state index is 12.4. The highest BCUT2D eigenvalue weighted by Crippen LogP contribution is 2.23. The Bertz CT molecular complexity index is 1070. The van der Waals surface area contributed by atoms with E-state index < -0.39 is 0 Å². The normalized spacial score (nSPS) is 14.0. The number of halogens is 1. The fourth-order valence-corrected chi connectivity index (χ4v) is 4.21. The van der Waals surface area contributed by atoms with E-state index in [0.717, 1.165) is 41.7 Å². The minimum atomic E-state index is -0.0749. The molecule has 8 heteroatoms. The summed E-state index contributed by atoms with van der Waals surface area (Å²) in [7, 11) is 0. The Morgan fingerprint density at radius 2 is 1.84 bits per heavy atom. The summed E-state index contributed by atoms with van der Waals surface area (Å²) >= 11 is 6.13. The fourth-order valence-electron chi connectivity index (χ4n) is 4.02. The summed E-state index contributed by atoms with van der Waals surface area (Å²) in [4.78, 5) is 23.7. The predicted octanol–water partition coefficient (Wildman–Crippen LogP) is 4.49. The largest absolute Gasteiger partial charge is 0.356 e. The van der Waals surface area contributed by atoms with Gasteiger partial charge in [0.2, 0.25) is 5.91 Å². The monoisotopic (exact) mass is 438 g/mol. The van der Waals surface area contributed by atoms with Crippen molar-refractivity contribution < 1.29 is 4.79 Å². The standard InChI is InChI=1S/C23H27ClN6O/c1-16-18(10-11-23(31)27-20-9-5-4-8-19(20)24)17(2)30(28-16)22-14-21(25-15-26-22)29-12-6-3-7-13-29/h4-5,8-9,14-15H,3,6-7,10-13H2,1-2H3,(H,27,31). The average Bonchev–Trinajstić information content (AvgIpc) is 3.08.